The fourth-order valence-electron chi connectivity index (χ4n) is 3.73. The first kappa shape index (κ1) is 17.2. The lowest BCUT2D eigenvalue weighted by Gasteiger charge is -2.32. The average Bonchev–Trinajstić information content (AvgIpc) is 3.10. The molecule has 5 nitrogen and oxygen atoms in total. The van der Waals surface area contributed by atoms with E-state index in [4.69, 9.17) is 0 Å². The van der Waals surface area contributed by atoms with Crippen LogP contribution >= 0.6 is 0 Å². The number of carbonyl (C=O) groups is 1. The van der Waals surface area contributed by atoms with Crippen molar-refractivity contribution in [2.75, 3.05) is 42.9 Å². The van der Waals surface area contributed by atoms with Gasteiger partial charge in [-0.05, 0) is 75.9 Å². The van der Waals surface area contributed by atoms with Gasteiger partial charge in [-0.2, -0.15) is 0 Å². The number of aliphatic hydroxyl groups is 1. The Bertz CT molecular complexity index is 530. The number of nitrogens with one attached hydrogen (secondary N) is 1. The van der Waals surface area contributed by atoms with E-state index in [0.717, 1.165) is 44.7 Å². The van der Waals surface area contributed by atoms with Gasteiger partial charge >= 0.3 is 0 Å². The maximum Gasteiger partial charge on any atom is 0.238 e. The largest absolute Gasteiger partial charge is 0.393 e. The van der Waals surface area contributed by atoms with E-state index in [2.05, 4.69) is 27.2 Å². The molecule has 2 fully saturated rings. The molecule has 2 saturated heterocycles. The summed E-state index contributed by atoms with van der Waals surface area (Å²) < 4.78 is 0. The van der Waals surface area contributed by atoms with Gasteiger partial charge in [0.05, 0.1) is 12.6 Å². The molecule has 5 heteroatoms. The van der Waals surface area contributed by atoms with E-state index in [1.54, 1.807) is 0 Å². The van der Waals surface area contributed by atoms with E-state index in [0.29, 0.717) is 12.5 Å². The number of hydrogen-bond donors (Lipinski definition) is 2. The molecular formula is C19H29N3O2. The summed E-state index contributed by atoms with van der Waals surface area (Å²) in [5.74, 6) is 0.418. The van der Waals surface area contributed by atoms with Crippen molar-refractivity contribution in [2.24, 2.45) is 5.92 Å². The number of likely N-dealkylation sites (tertiary alicyclic amines) is 1. The summed E-state index contributed by atoms with van der Waals surface area (Å²) in [6.07, 6.45) is 4.23. The molecule has 0 bridgehead atoms. The van der Waals surface area contributed by atoms with Gasteiger partial charge in [-0.1, -0.05) is 0 Å². The van der Waals surface area contributed by atoms with Crippen molar-refractivity contribution in [3.63, 3.8) is 0 Å². The molecule has 3 rings (SSSR count). The Labute approximate surface area is 144 Å². The van der Waals surface area contributed by atoms with Crippen LogP contribution in [0, 0.1) is 5.92 Å². The van der Waals surface area contributed by atoms with Crippen LogP contribution in [0.5, 0.6) is 0 Å². The van der Waals surface area contributed by atoms with Gasteiger partial charge in [-0.25, -0.2) is 0 Å². The lowest BCUT2D eigenvalue weighted by molar-refractivity contribution is -0.117. The molecular weight excluding hydrogens is 302 g/mol. The number of carbonyl (C=O) groups excluding carboxylic acids is 1. The number of nitrogens with zero attached hydrogens (tertiary/aromatic N) is 2. The summed E-state index contributed by atoms with van der Waals surface area (Å²) in [7, 11) is 0. The highest BCUT2D eigenvalue weighted by atomic mass is 16.3. The second kappa shape index (κ2) is 7.99. The first-order valence-electron chi connectivity index (χ1n) is 9.17. The van der Waals surface area contributed by atoms with Crippen LogP contribution in [0.3, 0.4) is 0 Å². The highest BCUT2D eigenvalue weighted by molar-refractivity contribution is 5.92. The molecule has 0 aromatic heterocycles. The fraction of sp³-hybridized carbons (Fsp3) is 0.632. The Morgan fingerprint density at radius 1 is 1.17 bits per heavy atom. The van der Waals surface area contributed by atoms with Crippen molar-refractivity contribution in [3.05, 3.63) is 24.3 Å². The molecule has 0 radical (unpaired) electrons. The molecule has 24 heavy (non-hydrogen) atoms. The average molecular weight is 331 g/mol. The van der Waals surface area contributed by atoms with Gasteiger partial charge in [0.2, 0.25) is 5.91 Å². The molecule has 1 unspecified atom stereocenters. The predicted molar refractivity (Wildman–Crippen MR) is 97.4 cm³/mol. The van der Waals surface area contributed by atoms with Crippen LogP contribution in [-0.4, -0.2) is 54.7 Å². The normalized spacial score (nSPS) is 21.0. The number of benzene rings is 1. The maximum atomic E-state index is 12.2. The van der Waals surface area contributed by atoms with E-state index >= 15 is 0 Å². The third kappa shape index (κ3) is 4.48. The molecule has 1 aromatic carbocycles. The third-order valence-corrected chi connectivity index (χ3v) is 5.30. The standard InChI is InChI=1S/C19H29N3O2/c1-15(23)16-8-12-21(13-9-16)14-19(24)20-17-4-6-18(7-5-17)22-10-2-3-11-22/h4-7,15-16,23H,2-3,8-14H2,1H3,(H,20,24). The van der Waals surface area contributed by atoms with E-state index in [9.17, 15) is 9.90 Å². The quantitative estimate of drug-likeness (QED) is 0.869. The van der Waals surface area contributed by atoms with Crippen molar-refractivity contribution < 1.29 is 9.90 Å². The van der Waals surface area contributed by atoms with Crippen molar-refractivity contribution in [1.82, 2.24) is 4.90 Å². The summed E-state index contributed by atoms with van der Waals surface area (Å²) in [6, 6.07) is 8.17. The van der Waals surface area contributed by atoms with Gasteiger partial charge in [0.15, 0.2) is 0 Å². The van der Waals surface area contributed by atoms with Crippen LogP contribution in [0.15, 0.2) is 24.3 Å². The molecule has 0 saturated carbocycles. The zero-order valence-electron chi connectivity index (χ0n) is 14.6. The van der Waals surface area contributed by atoms with Crippen LogP contribution in [0.1, 0.15) is 32.6 Å². The molecule has 2 heterocycles. The first-order valence-corrected chi connectivity index (χ1v) is 9.17. The summed E-state index contributed by atoms with van der Waals surface area (Å²) in [5, 5.41) is 12.6. The molecule has 1 atom stereocenters. The van der Waals surface area contributed by atoms with Crippen LogP contribution in [0.4, 0.5) is 11.4 Å². The van der Waals surface area contributed by atoms with Gasteiger partial charge in [0, 0.05) is 24.5 Å². The van der Waals surface area contributed by atoms with Crippen molar-refractivity contribution in [3.8, 4) is 0 Å². The zero-order valence-corrected chi connectivity index (χ0v) is 14.6. The Morgan fingerprint density at radius 2 is 1.79 bits per heavy atom. The van der Waals surface area contributed by atoms with Crippen LogP contribution in [0.2, 0.25) is 0 Å². The molecule has 0 aliphatic carbocycles. The first-order chi connectivity index (χ1) is 11.6. The Hall–Kier alpha value is -1.59. The highest BCUT2D eigenvalue weighted by Crippen LogP contribution is 2.23. The molecule has 2 aliphatic heterocycles. The SMILES string of the molecule is CC(O)C1CCN(CC(=O)Nc2ccc(N3CCCC3)cc2)CC1. The number of anilines is 2. The van der Waals surface area contributed by atoms with Crippen LogP contribution < -0.4 is 10.2 Å². The molecule has 2 aliphatic rings. The second-order valence-corrected chi connectivity index (χ2v) is 7.14. The zero-order chi connectivity index (χ0) is 16.9. The number of hydrogen-bond acceptors (Lipinski definition) is 4. The number of aliphatic hydroxyl groups excluding tert-OH is 1. The predicted octanol–water partition coefficient (Wildman–Crippen LogP) is 2.32. The lowest BCUT2D eigenvalue weighted by Crippen LogP contribution is -2.41. The summed E-state index contributed by atoms with van der Waals surface area (Å²) in [4.78, 5) is 16.8. The lowest BCUT2D eigenvalue weighted by atomic mass is 9.92. The Kier molecular flexibility index (Phi) is 5.74. The topological polar surface area (TPSA) is 55.8 Å². The monoisotopic (exact) mass is 331 g/mol. The minimum Gasteiger partial charge on any atom is -0.393 e. The minimum absolute atomic E-state index is 0.0411. The summed E-state index contributed by atoms with van der Waals surface area (Å²) in [5.41, 5.74) is 2.10. The molecule has 1 aromatic rings. The van der Waals surface area contributed by atoms with Crippen molar-refractivity contribution >= 4 is 17.3 Å². The van der Waals surface area contributed by atoms with Gasteiger partial charge < -0.3 is 15.3 Å². The van der Waals surface area contributed by atoms with E-state index in [1.165, 1.54) is 18.5 Å². The molecule has 132 valence electrons. The summed E-state index contributed by atoms with van der Waals surface area (Å²) >= 11 is 0. The highest BCUT2D eigenvalue weighted by Gasteiger charge is 2.23. The minimum atomic E-state index is -0.241. The number of amides is 1. The van der Waals surface area contributed by atoms with Gasteiger partial charge in [-0.15, -0.1) is 0 Å². The van der Waals surface area contributed by atoms with Crippen molar-refractivity contribution in [1.29, 1.82) is 0 Å². The summed E-state index contributed by atoms with van der Waals surface area (Å²) in [6.45, 7) is 6.33. The van der Waals surface area contributed by atoms with E-state index in [1.807, 2.05) is 19.1 Å². The van der Waals surface area contributed by atoms with Gasteiger partial charge in [-0.3, -0.25) is 9.69 Å². The smallest absolute Gasteiger partial charge is 0.238 e. The third-order valence-electron chi connectivity index (χ3n) is 5.30. The second-order valence-electron chi connectivity index (χ2n) is 7.14. The van der Waals surface area contributed by atoms with E-state index < -0.39 is 0 Å². The maximum absolute atomic E-state index is 12.2. The Morgan fingerprint density at radius 3 is 2.38 bits per heavy atom. The molecule has 1 amide bonds. The van der Waals surface area contributed by atoms with Crippen LogP contribution in [-0.2, 0) is 4.79 Å². The van der Waals surface area contributed by atoms with E-state index in [-0.39, 0.29) is 12.0 Å². The number of rotatable bonds is 5. The van der Waals surface area contributed by atoms with Gasteiger partial charge in [0.1, 0.15) is 0 Å². The molecule has 2 N–H and O–H groups in total. The number of piperidine rings is 1. The van der Waals surface area contributed by atoms with Crippen LogP contribution in [0.25, 0.3) is 0 Å². The fourth-order valence-corrected chi connectivity index (χ4v) is 3.73. The van der Waals surface area contributed by atoms with Crippen molar-refractivity contribution in [2.45, 2.75) is 38.7 Å². The van der Waals surface area contributed by atoms with Gasteiger partial charge in [0.25, 0.3) is 0 Å². The Balaban J connectivity index is 1.45. The molecule has 0 spiro atoms.